The summed E-state index contributed by atoms with van der Waals surface area (Å²) in [4.78, 5) is 0. The Kier molecular flexibility index (Phi) is 5.66. The van der Waals surface area contributed by atoms with Gasteiger partial charge in [0.15, 0.2) is 12.4 Å². The summed E-state index contributed by atoms with van der Waals surface area (Å²) in [6.45, 7) is 0. The van der Waals surface area contributed by atoms with Crippen molar-refractivity contribution < 1.29 is 21.5 Å². The molecule has 0 amide bonds. The Morgan fingerprint density at radius 3 is 2.62 bits per heavy atom. The first-order valence-electron chi connectivity index (χ1n) is 4.62. The Morgan fingerprint density at radius 2 is 1.88 bits per heavy atom. The highest BCUT2D eigenvalue weighted by molar-refractivity contribution is 9.13. The van der Waals surface area contributed by atoms with Crippen LogP contribution >= 0.6 is 31.9 Å². The first-order valence-corrected chi connectivity index (χ1v) is 6.54. The molecule has 1 aromatic carbocycles. The highest BCUT2D eigenvalue weighted by atomic mass is 79.9. The van der Waals surface area contributed by atoms with Gasteiger partial charge in [-0.2, -0.15) is 4.57 Å². The molecule has 0 fully saturated rings. The quantitative estimate of drug-likeness (QED) is 0.510. The van der Waals surface area contributed by atoms with Crippen molar-refractivity contribution in [2.45, 2.75) is 0 Å². The van der Waals surface area contributed by atoms with E-state index in [0.29, 0.717) is 0 Å². The Bertz CT molecular complexity index is 503. The molecule has 1 nitrogen and oxygen atoms in total. The predicted octanol–water partition coefficient (Wildman–Crippen LogP) is 0.720. The second-order valence-corrected chi connectivity index (χ2v) is 4.76. The van der Waals surface area contributed by atoms with Crippen molar-refractivity contribution in [3.63, 3.8) is 0 Å². The van der Waals surface area contributed by atoms with Gasteiger partial charge < -0.3 is 17.0 Å². The molecule has 0 aliphatic carbocycles. The molecule has 84 valence electrons. The summed E-state index contributed by atoms with van der Waals surface area (Å²) < 4.78 is 3.23. The zero-order chi connectivity index (χ0) is 10.7. The number of halogens is 3. The number of allylic oxidation sites excluding steroid dienone is 1. The molecule has 2 rings (SSSR count). The van der Waals surface area contributed by atoms with Crippen LogP contribution < -0.4 is 21.5 Å². The number of benzene rings is 1. The Labute approximate surface area is 122 Å². The number of para-hydroxylation sites is 1. The summed E-state index contributed by atoms with van der Waals surface area (Å²) in [6.07, 6.45) is 4.11. The Balaban J connectivity index is 0.00000128. The van der Waals surface area contributed by atoms with Gasteiger partial charge in [0.2, 0.25) is 5.52 Å². The summed E-state index contributed by atoms with van der Waals surface area (Å²) in [5.41, 5.74) is 1.21. The van der Waals surface area contributed by atoms with E-state index in [9.17, 15) is 0 Å². The summed E-state index contributed by atoms with van der Waals surface area (Å²) in [6, 6.07) is 12.5. The lowest BCUT2D eigenvalue weighted by Crippen LogP contribution is -3.00. The van der Waals surface area contributed by atoms with Crippen molar-refractivity contribution in [3.05, 3.63) is 47.1 Å². The molecule has 0 radical (unpaired) electrons. The summed E-state index contributed by atoms with van der Waals surface area (Å²) in [5.74, 6) is 0. The number of hydrogen-bond donors (Lipinski definition) is 0. The van der Waals surface area contributed by atoms with Crippen LogP contribution in [0.25, 0.3) is 17.1 Å². The third-order valence-electron chi connectivity index (χ3n) is 2.14. The number of hydrogen-bond acceptors (Lipinski definition) is 0. The topological polar surface area (TPSA) is 3.88 Å². The predicted molar refractivity (Wildman–Crippen MR) is 71.1 cm³/mol. The van der Waals surface area contributed by atoms with Crippen LogP contribution in [0.5, 0.6) is 0 Å². The van der Waals surface area contributed by atoms with Gasteiger partial charge >= 0.3 is 0 Å². The molecule has 1 heterocycles. The first kappa shape index (κ1) is 13.9. The van der Waals surface area contributed by atoms with Gasteiger partial charge in [-0.3, -0.25) is 0 Å². The van der Waals surface area contributed by atoms with E-state index < -0.39 is 0 Å². The van der Waals surface area contributed by atoms with Gasteiger partial charge in [0.1, 0.15) is 0 Å². The molecule has 0 aliphatic rings. The van der Waals surface area contributed by atoms with Crippen LogP contribution in [0.4, 0.5) is 0 Å². The normalized spacial score (nSPS) is 11.2. The molecular formula is C12H10Br3N. The van der Waals surface area contributed by atoms with Crippen LogP contribution in [-0.2, 0) is 0 Å². The van der Waals surface area contributed by atoms with E-state index in [1.165, 1.54) is 10.9 Å². The maximum atomic E-state index is 3.49. The van der Waals surface area contributed by atoms with E-state index >= 15 is 0 Å². The zero-order valence-electron chi connectivity index (χ0n) is 8.41. The highest BCUT2D eigenvalue weighted by Gasteiger charge is 2.05. The molecular weight excluding hydrogens is 398 g/mol. The highest BCUT2D eigenvalue weighted by Crippen LogP contribution is 2.11. The molecule has 0 atom stereocenters. The fourth-order valence-corrected chi connectivity index (χ4v) is 1.85. The average molecular weight is 408 g/mol. The molecule has 2 aromatic rings. The standard InChI is InChI=1S/C12H10Br2N.BrH/c13-8-11(14)9-15-7-3-5-10-4-1-2-6-12(10)15;/h1-7,9H,8H2;1H/q+1;/p-1. The Hall–Kier alpha value is -0.190. The molecule has 0 saturated carbocycles. The van der Waals surface area contributed by atoms with Gasteiger partial charge in [0, 0.05) is 22.8 Å². The maximum absolute atomic E-state index is 3.49. The largest absolute Gasteiger partial charge is 1.00 e. The van der Waals surface area contributed by atoms with Crippen LogP contribution in [0.2, 0.25) is 0 Å². The maximum Gasteiger partial charge on any atom is 0.217 e. The fraction of sp³-hybridized carbons (Fsp3) is 0.0833. The molecule has 4 heteroatoms. The minimum atomic E-state index is 0. The average Bonchev–Trinajstić information content (AvgIpc) is 2.29. The van der Waals surface area contributed by atoms with Crippen LogP contribution in [0, 0.1) is 0 Å². The lowest BCUT2D eigenvalue weighted by molar-refractivity contribution is -0.539. The van der Waals surface area contributed by atoms with Gasteiger partial charge in [-0.15, -0.1) is 0 Å². The number of aromatic nitrogens is 1. The number of pyridine rings is 1. The molecule has 0 spiro atoms. The lowest BCUT2D eigenvalue weighted by atomic mass is 10.2. The molecule has 0 aliphatic heterocycles. The van der Waals surface area contributed by atoms with E-state index in [4.69, 9.17) is 0 Å². The third kappa shape index (κ3) is 3.15. The van der Waals surface area contributed by atoms with Gasteiger partial charge in [-0.1, -0.05) is 28.1 Å². The molecule has 0 N–H and O–H groups in total. The lowest BCUT2D eigenvalue weighted by Gasteiger charge is -1.96. The van der Waals surface area contributed by atoms with Crippen LogP contribution in [0.1, 0.15) is 0 Å². The van der Waals surface area contributed by atoms with Crippen molar-refractivity contribution in [1.29, 1.82) is 0 Å². The van der Waals surface area contributed by atoms with Crippen molar-refractivity contribution in [3.8, 4) is 0 Å². The third-order valence-corrected chi connectivity index (χ3v) is 3.99. The Morgan fingerprint density at radius 1 is 1.19 bits per heavy atom. The second-order valence-electron chi connectivity index (χ2n) is 3.18. The van der Waals surface area contributed by atoms with Gasteiger partial charge in [-0.25, -0.2) is 0 Å². The molecule has 0 bridgehead atoms. The van der Waals surface area contributed by atoms with E-state index in [1.54, 1.807) is 0 Å². The molecule has 1 aromatic heterocycles. The number of alkyl halides is 1. The summed E-state index contributed by atoms with van der Waals surface area (Å²) >= 11 is 6.90. The number of nitrogens with zero attached hydrogens (tertiary/aromatic N) is 1. The minimum Gasteiger partial charge on any atom is -1.00 e. The van der Waals surface area contributed by atoms with Crippen molar-refractivity contribution in [2.75, 3.05) is 5.33 Å². The van der Waals surface area contributed by atoms with Gasteiger partial charge in [0.05, 0.1) is 4.48 Å². The zero-order valence-corrected chi connectivity index (χ0v) is 13.2. The summed E-state index contributed by atoms with van der Waals surface area (Å²) in [7, 11) is 0. The second kappa shape index (κ2) is 6.52. The van der Waals surface area contributed by atoms with Crippen molar-refractivity contribution >= 4 is 49.0 Å². The monoisotopic (exact) mass is 405 g/mol. The van der Waals surface area contributed by atoms with Crippen molar-refractivity contribution in [2.24, 2.45) is 0 Å². The molecule has 0 saturated heterocycles. The van der Waals surface area contributed by atoms with E-state index in [2.05, 4.69) is 73.0 Å². The van der Waals surface area contributed by atoms with Gasteiger partial charge in [-0.05, 0) is 28.1 Å². The van der Waals surface area contributed by atoms with E-state index in [0.717, 1.165) is 9.81 Å². The summed E-state index contributed by atoms with van der Waals surface area (Å²) in [5, 5.41) is 2.06. The molecule has 16 heavy (non-hydrogen) atoms. The van der Waals surface area contributed by atoms with Crippen LogP contribution in [0.15, 0.2) is 47.1 Å². The van der Waals surface area contributed by atoms with Gasteiger partial charge in [0.25, 0.3) is 0 Å². The smallest absolute Gasteiger partial charge is 0.217 e. The van der Waals surface area contributed by atoms with Crippen LogP contribution in [0.3, 0.4) is 0 Å². The molecule has 0 unspecified atom stereocenters. The SMILES string of the molecule is BrCC(Br)=C[n+]1cccc2ccccc21.[Br-]. The van der Waals surface area contributed by atoms with E-state index in [1.807, 2.05) is 12.3 Å². The first-order chi connectivity index (χ1) is 7.31. The van der Waals surface area contributed by atoms with E-state index in [-0.39, 0.29) is 17.0 Å². The number of fused-ring (bicyclic) bond motifs is 1. The minimum absolute atomic E-state index is 0. The number of rotatable bonds is 2. The van der Waals surface area contributed by atoms with Crippen molar-refractivity contribution in [1.82, 2.24) is 0 Å². The fourth-order valence-electron chi connectivity index (χ4n) is 1.48. The van der Waals surface area contributed by atoms with Crippen LogP contribution in [-0.4, -0.2) is 5.33 Å².